The minimum absolute atomic E-state index is 0.319. The maximum Gasteiger partial charge on any atom is 0.298 e. The number of carbonyl (C=O) groups is 2. The van der Waals surface area contributed by atoms with Gasteiger partial charge in [0.15, 0.2) is 0 Å². The highest BCUT2D eigenvalue weighted by molar-refractivity contribution is 14.1. The molecule has 0 radical (unpaired) electrons. The Morgan fingerprint density at radius 3 is 2.30 bits per heavy atom. The topological polar surface area (TPSA) is 42.3 Å². The molecule has 0 atom stereocenters. The van der Waals surface area contributed by atoms with Crippen LogP contribution in [0.3, 0.4) is 0 Å². The van der Waals surface area contributed by atoms with Crippen molar-refractivity contribution >= 4 is 68.9 Å². The van der Waals surface area contributed by atoms with E-state index in [2.05, 4.69) is 22.6 Å². The fourth-order valence-corrected chi connectivity index (χ4v) is 4.07. The Morgan fingerprint density at radius 2 is 1.59 bits per heavy atom. The van der Waals surface area contributed by atoms with Gasteiger partial charge in [-0.05, 0) is 101 Å². The third-order valence-corrected chi connectivity index (χ3v) is 5.88. The molecular formula is C20H12ClIN2O2S. The molecule has 0 unspecified atom stereocenters. The Balaban J connectivity index is 1.67. The minimum atomic E-state index is -0.331. The molecule has 27 heavy (non-hydrogen) atoms. The summed E-state index contributed by atoms with van der Waals surface area (Å²) in [5.41, 5.74) is 2.33. The van der Waals surface area contributed by atoms with Crippen LogP contribution in [0.4, 0.5) is 10.5 Å². The number of hydrogen-bond donors (Lipinski definition) is 0. The molecule has 1 aromatic heterocycles. The SMILES string of the molecule is O=C1S/C(=C/c2cccn2-c2ccc(I)cc2)C(=O)N1c1ccc(Cl)cc1. The number of anilines is 1. The fourth-order valence-electron chi connectivity index (χ4n) is 2.76. The number of halogens is 2. The van der Waals surface area contributed by atoms with Crippen LogP contribution in [0, 0.1) is 3.57 Å². The van der Waals surface area contributed by atoms with Gasteiger partial charge in [0.25, 0.3) is 11.1 Å². The first-order valence-electron chi connectivity index (χ1n) is 8.00. The summed E-state index contributed by atoms with van der Waals surface area (Å²) >= 11 is 9.09. The Kier molecular flexibility index (Phi) is 5.12. The van der Waals surface area contributed by atoms with E-state index in [1.165, 1.54) is 4.90 Å². The third kappa shape index (κ3) is 3.69. The van der Waals surface area contributed by atoms with E-state index in [0.717, 1.165) is 26.7 Å². The van der Waals surface area contributed by atoms with Gasteiger partial charge in [0.2, 0.25) is 0 Å². The van der Waals surface area contributed by atoms with Crippen LogP contribution in [0.5, 0.6) is 0 Å². The predicted molar refractivity (Wildman–Crippen MR) is 118 cm³/mol. The van der Waals surface area contributed by atoms with Crippen LogP contribution in [0.2, 0.25) is 5.02 Å². The lowest BCUT2D eigenvalue weighted by Crippen LogP contribution is -2.27. The van der Waals surface area contributed by atoms with Crippen molar-refractivity contribution in [2.75, 3.05) is 4.90 Å². The van der Waals surface area contributed by atoms with Crippen molar-refractivity contribution in [2.45, 2.75) is 0 Å². The van der Waals surface area contributed by atoms with Crippen LogP contribution < -0.4 is 4.90 Å². The van der Waals surface area contributed by atoms with Crippen molar-refractivity contribution in [3.63, 3.8) is 0 Å². The van der Waals surface area contributed by atoms with Gasteiger partial charge in [0.1, 0.15) is 0 Å². The number of rotatable bonds is 3. The summed E-state index contributed by atoms with van der Waals surface area (Å²) in [6, 6.07) is 18.5. The molecule has 1 fully saturated rings. The van der Waals surface area contributed by atoms with E-state index in [-0.39, 0.29) is 11.1 Å². The molecule has 2 heterocycles. The van der Waals surface area contributed by atoms with E-state index < -0.39 is 0 Å². The lowest BCUT2D eigenvalue weighted by molar-refractivity contribution is -0.113. The summed E-state index contributed by atoms with van der Waals surface area (Å²) < 4.78 is 3.13. The maximum absolute atomic E-state index is 12.8. The summed E-state index contributed by atoms with van der Waals surface area (Å²) in [5, 5.41) is 0.234. The van der Waals surface area contributed by atoms with E-state index >= 15 is 0 Å². The van der Waals surface area contributed by atoms with E-state index in [1.54, 1.807) is 30.3 Å². The Labute approximate surface area is 179 Å². The van der Waals surface area contributed by atoms with Crippen LogP contribution in [0.25, 0.3) is 11.8 Å². The molecule has 2 amide bonds. The number of nitrogens with zero attached hydrogens (tertiary/aromatic N) is 2. The normalized spacial score (nSPS) is 15.8. The summed E-state index contributed by atoms with van der Waals surface area (Å²) in [4.78, 5) is 26.7. The van der Waals surface area contributed by atoms with Gasteiger partial charge in [-0.25, -0.2) is 4.90 Å². The Morgan fingerprint density at radius 1 is 0.926 bits per heavy atom. The van der Waals surface area contributed by atoms with Crippen molar-refractivity contribution in [1.82, 2.24) is 4.57 Å². The van der Waals surface area contributed by atoms with Gasteiger partial charge in [-0.2, -0.15) is 0 Å². The number of imide groups is 1. The van der Waals surface area contributed by atoms with Crippen molar-refractivity contribution in [3.05, 3.63) is 86.1 Å². The van der Waals surface area contributed by atoms with Crippen LogP contribution in [-0.2, 0) is 4.79 Å². The van der Waals surface area contributed by atoms with Crippen molar-refractivity contribution in [3.8, 4) is 5.69 Å². The molecule has 0 N–H and O–H groups in total. The summed E-state index contributed by atoms with van der Waals surface area (Å²) in [6.45, 7) is 0. The van der Waals surface area contributed by atoms with Crippen molar-refractivity contribution in [1.29, 1.82) is 0 Å². The monoisotopic (exact) mass is 506 g/mol. The Bertz CT molecular complexity index is 1060. The molecule has 134 valence electrons. The lowest BCUT2D eigenvalue weighted by Gasteiger charge is -2.12. The van der Waals surface area contributed by atoms with Crippen LogP contribution >= 0.6 is 46.0 Å². The molecule has 1 saturated heterocycles. The van der Waals surface area contributed by atoms with Crippen molar-refractivity contribution < 1.29 is 9.59 Å². The van der Waals surface area contributed by atoms with Crippen molar-refractivity contribution in [2.24, 2.45) is 0 Å². The molecule has 4 rings (SSSR count). The number of aromatic nitrogens is 1. The number of carbonyl (C=O) groups excluding carboxylic acids is 2. The lowest BCUT2D eigenvalue weighted by atomic mass is 10.2. The van der Waals surface area contributed by atoms with Crippen LogP contribution in [-0.4, -0.2) is 15.7 Å². The Hall–Kier alpha value is -2.03. The second-order valence-electron chi connectivity index (χ2n) is 5.77. The zero-order valence-corrected chi connectivity index (χ0v) is 17.5. The predicted octanol–water partition coefficient (Wildman–Crippen LogP) is 5.98. The van der Waals surface area contributed by atoms with Gasteiger partial charge in [-0.3, -0.25) is 9.59 Å². The van der Waals surface area contributed by atoms with Gasteiger partial charge < -0.3 is 4.57 Å². The van der Waals surface area contributed by atoms with Gasteiger partial charge in [-0.1, -0.05) is 11.6 Å². The largest absolute Gasteiger partial charge is 0.317 e. The highest BCUT2D eigenvalue weighted by atomic mass is 127. The molecule has 1 aliphatic heterocycles. The number of hydrogen-bond acceptors (Lipinski definition) is 3. The molecule has 4 nitrogen and oxygen atoms in total. The van der Waals surface area contributed by atoms with E-state index in [1.807, 2.05) is 47.2 Å². The van der Waals surface area contributed by atoms with Gasteiger partial charge >= 0.3 is 0 Å². The number of benzene rings is 2. The molecule has 1 aliphatic rings. The van der Waals surface area contributed by atoms with E-state index in [0.29, 0.717) is 15.6 Å². The first-order chi connectivity index (χ1) is 13.0. The smallest absolute Gasteiger partial charge is 0.298 e. The van der Waals surface area contributed by atoms with Crippen LogP contribution in [0.15, 0.2) is 71.8 Å². The quantitative estimate of drug-likeness (QED) is 0.324. The highest BCUT2D eigenvalue weighted by Crippen LogP contribution is 2.36. The zero-order valence-electron chi connectivity index (χ0n) is 13.8. The minimum Gasteiger partial charge on any atom is -0.317 e. The summed E-state index contributed by atoms with van der Waals surface area (Å²) in [6.07, 6.45) is 3.68. The molecule has 0 spiro atoms. The average molecular weight is 507 g/mol. The molecule has 0 saturated carbocycles. The maximum atomic E-state index is 12.8. The second-order valence-corrected chi connectivity index (χ2v) is 8.45. The fraction of sp³-hybridized carbons (Fsp3) is 0. The van der Waals surface area contributed by atoms with E-state index in [9.17, 15) is 9.59 Å². The van der Waals surface area contributed by atoms with Gasteiger partial charge in [0, 0.05) is 26.2 Å². The van der Waals surface area contributed by atoms with E-state index in [4.69, 9.17) is 11.6 Å². The summed E-state index contributed by atoms with van der Waals surface area (Å²) in [5.74, 6) is -0.331. The first kappa shape index (κ1) is 18.3. The molecule has 0 bridgehead atoms. The molecule has 3 aromatic rings. The molecule has 2 aromatic carbocycles. The standard InChI is InChI=1S/C20H12ClIN2O2S/c21-13-3-7-16(8-4-13)24-19(25)18(27-20(24)26)12-17-2-1-11-23(17)15-9-5-14(22)6-10-15/h1-12H/b18-12+. The second kappa shape index (κ2) is 7.53. The molecular weight excluding hydrogens is 495 g/mol. The molecule has 0 aliphatic carbocycles. The molecule has 7 heteroatoms. The van der Waals surface area contributed by atoms with Gasteiger partial charge in [0.05, 0.1) is 10.6 Å². The van der Waals surface area contributed by atoms with Gasteiger partial charge in [-0.15, -0.1) is 0 Å². The number of amides is 2. The summed E-state index contributed by atoms with van der Waals surface area (Å²) in [7, 11) is 0. The third-order valence-electron chi connectivity index (χ3n) is 4.04. The van der Waals surface area contributed by atoms with Crippen LogP contribution in [0.1, 0.15) is 5.69 Å². The average Bonchev–Trinajstić information content (AvgIpc) is 3.22. The number of thioether (sulfide) groups is 1. The zero-order chi connectivity index (χ0) is 19.0. The highest BCUT2D eigenvalue weighted by Gasteiger charge is 2.36. The first-order valence-corrected chi connectivity index (χ1v) is 10.3.